The first-order valence-electron chi connectivity index (χ1n) is 8.05. The largest absolute Gasteiger partial charge is 0.477 e. The standard InChI is InChI=1S/C16H15Cl3F3N3O4/c1-7(14(26)29-9(5-17)6-18)28-13-4-12(11(20)3-10(13)19)25-16(27)24(15(21)22)8(2)23-25/h3-4,7,9,15H,5-6H2,1-2H3. The van der Waals surface area contributed by atoms with Gasteiger partial charge in [0.25, 0.3) is 0 Å². The Kier molecular flexibility index (Phi) is 7.84. The van der Waals surface area contributed by atoms with Crippen LogP contribution in [0.3, 0.4) is 0 Å². The number of carbonyl (C=O) groups excluding carboxylic acids is 1. The number of rotatable bonds is 8. The fourth-order valence-electron chi connectivity index (χ4n) is 2.23. The molecule has 0 saturated heterocycles. The third kappa shape index (κ3) is 5.18. The number of alkyl halides is 4. The first kappa shape index (κ1) is 23.4. The second-order valence-corrected chi connectivity index (χ2v) is 6.78. The van der Waals surface area contributed by atoms with Crippen molar-refractivity contribution in [3.8, 4) is 11.4 Å². The third-order valence-electron chi connectivity index (χ3n) is 3.67. The maximum absolute atomic E-state index is 14.3. The number of aromatic nitrogens is 3. The van der Waals surface area contributed by atoms with E-state index in [0.717, 1.165) is 19.1 Å². The van der Waals surface area contributed by atoms with E-state index in [0.29, 0.717) is 4.68 Å². The number of halogens is 6. The van der Waals surface area contributed by atoms with Crippen LogP contribution in [0.1, 0.15) is 19.3 Å². The highest BCUT2D eigenvalue weighted by Gasteiger charge is 2.24. The average molecular weight is 477 g/mol. The predicted octanol–water partition coefficient (Wildman–Crippen LogP) is 3.69. The van der Waals surface area contributed by atoms with Gasteiger partial charge in [0.1, 0.15) is 23.4 Å². The lowest BCUT2D eigenvalue weighted by molar-refractivity contribution is -0.154. The van der Waals surface area contributed by atoms with Crippen molar-refractivity contribution in [2.75, 3.05) is 11.8 Å². The number of ether oxygens (including phenoxy) is 2. The minimum atomic E-state index is -3.16. The van der Waals surface area contributed by atoms with E-state index in [1.54, 1.807) is 0 Å². The van der Waals surface area contributed by atoms with Gasteiger partial charge in [-0.25, -0.2) is 18.5 Å². The molecule has 7 nitrogen and oxygen atoms in total. The van der Waals surface area contributed by atoms with E-state index in [2.05, 4.69) is 5.10 Å². The Morgan fingerprint density at radius 2 is 1.90 bits per heavy atom. The molecule has 0 spiro atoms. The maximum atomic E-state index is 14.3. The molecule has 0 amide bonds. The van der Waals surface area contributed by atoms with Crippen LogP contribution >= 0.6 is 34.8 Å². The predicted molar refractivity (Wildman–Crippen MR) is 100 cm³/mol. The van der Waals surface area contributed by atoms with E-state index in [9.17, 15) is 22.8 Å². The Bertz CT molecular complexity index is 947. The minimum Gasteiger partial charge on any atom is -0.477 e. The zero-order valence-electron chi connectivity index (χ0n) is 15.0. The van der Waals surface area contributed by atoms with Crippen molar-refractivity contribution in [3.63, 3.8) is 0 Å². The van der Waals surface area contributed by atoms with E-state index in [4.69, 9.17) is 44.3 Å². The Morgan fingerprint density at radius 1 is 1.28 bits per heavy atom. The highest BCUT2D eigenvalue weighted by atomic mass is 35.5. The zero-order chi connectivity index (χ0) is 21.9. The summed E-state index contributed by atoms with van der Waals surface area (Å²) in [4.78, 5) is 24.2. The first-order chi connectivity index (χ1) is 13.6. The average Bonchev–Trinajstić information content (AvgIpc) is 2.95. The van der Waals surface area contributed by atoms with E-state index in [1.165, 1.54) is 6.92 Å². The fraction of sp³-hybridized carbons (Fsp3) is 0.438. The fourth-order valence-corrected chi connectivity index (χ4v) is 2.88. The summed E-state index contributed by atoms with van der Waals surface area (Å²) in [6, 6.07) is 1.76. The number of esters is 1. The number of aryl methyl sites for hydroxylation is 1. The van der Waals surface area contributed by atoms with Crippen molar-refractivity contribution in [1.82, 2.24) is 14.3 Å². The lowest BCUT2D eigenvalue weighted by Crippen LogP contribution is -2.32. The molecular weight excluding hydrogens is 462 g/mol. The summed E-state index contributed by atoms with van der Waals surface area (Å²) in [5, 5.41) is 3.41. The summed E-state index contributed by atoms with van der Waals surface area (Å²) in [7, 11) is 0. The van der Waals surface area contributed by atoms with Gasteiger partial charge in [0.15, 0.2) is 11.9 Å². The molecule has 0 N–H and O–H groups in total. The summed E-state index contributed by atoms with van der Waals surface area (Å²) in [6.07, 6.45) is -1.94. The van der Waals surface area contributed by atoms with Crippen LogP contribution in [0.2, 0.25) is 5.02 Å². The lowest BCUT2D eigenvalue weighted by atomic mass is 10.2. The minimum absolute atomic E-state index is 0.0293. The van der Waals surface area contributed by atoms with E-state index >= 15 is 0 Å². The van der Waals surface area contributed by atoms with Crippen LogP contribution in [0.15, 0.2) is 16.9 Å². The van der Waals surface area contributed by atoms with Gasteiger partial charge in [-0.05, 0) is 19.9 Å². The lowest BCUT2D eigenvalue weighted by Gasteiger charge is -2.18. The molecule has 1 heterocycles. The van der Waals surface area contributed by atoms with E-state index in [-0.39, 0.29) is 32.9 Å². The molecule has 1 aromatic heterocycles. The third-order valence-corrected chi connectivity index (χ3v) is 4.65. The molecule has 0 aliphatic rings. The monoisotopic (exact) mass is 475 g/mol. The Morgan fingerprint density at radius 3 is 2.41 bits per heavy atom. The highest BCUT2D eigenvalue weighted by molar-refractivity contribution is 6.32. The number of hydrogen-bond donors (Lipinski definition) is 0. The summed E-state index contributed by atoms with van der Waals surface area (Å²) < 4.78 is 51.3. The summed E-state index contributed by atoms with van der Waals surface area (Å²) in [5.74, 6) is -2.41. The van der Waals surface area contributed by atoms with Gasteiger partial charge in [-0.1, -0.05) is 11.6 Å². The van der Waals surface area contributed by atoms with Crippen LogP contribution in [0.5, 0.6) is 5.75 Å². The van der Waals surface area contributed by atoms with Crippen LogP contribution in [-0.2, 0) is 9.53 Å². The quantitative estimate of drug-likeness (QED) is 0.429. The van der Waals surface area contributed by atoms with Gasteiger partial charge in [-0.2, -0.15) is 13.5 Å². The van der Waals surface area contributed by atoms with Gasteiger partial charge in [0.05, 0.1) is 16.8 Å². The van der Waals surface area contributed by atoms with Crippen molar-refractivity contribution < 1.29 is 27.4 Å². The molecule has 0 aliphatic carbocycles. The van der Waals surface area contributed by atoms with Crippen molar-refractivity contribution >= 4 is 40.8 Å². The van der Waals surface area contributed by atoms with Crippen molar-refractivity contribution in [1.29, 1.82) is 0 Å². The van der Waals surface area contributed by atoms with Gasteiger partial charge >= 0.3 is 18.2 Å². The number of nitrogens with zero attached hydrogens (tertiary/aromatic N) is 3. The smallest absolute Gasteiger partial charge is 0.355 e. The molecule has 0 bridgehead atoms. The number of benzene rings is 1. The van der Waals surface area contributed by atoms with Crippen LogP contribution in [0.25, 0.3) is 5.69 Å². The summed E-state index contributed by atoms with van der Waals surface area (Å²) in [5.41, 5.74) is -1.75. The summed E-state index contributed by atoms with van der Waals surface area (Å²) >= 11 is 17.1. The molecule has 0 radical (unpaired) electrons. The first-order valence-corrected chi connectivity index (χ1v) is 9.50. The van der Waals surface area contributed by atoms with Crippen LogP contribution in [0, 0.1) is 12.7 Å². The molecule has 0 fully saturated rings. The van der Waals surface area contributed by atoms with Crippen molar-refractivity contribution in [2.24, 2.45) is 0 Å². The van der Waals surface area contributed by atoms with E-state index < -0.39 is 41.9 Å². The molecule has 0 aliphatic heterocycles. The molecular formula is C16H15Cl3F3N3O4. The van der Waals surface area contributed by atoms with Gasteiger partial charge < -0.3 is 9.47 Å². The molecule has 1 atom stereocenters. The maximum Gasteiger partial charge on any atom is 0.355 e. The SMILES string of the molecule is Cc1nn(-c2cc(OC(C)C(=O)OC(CCl)CCl)c(Cl)cc2F)c(=O)n1C(F)F. The summed E-state index contributed by atoms with van der Waals surface area (Å²) in [6.45, 7) is -0.658. The molecule has 13 heteroatoms. The Labute approximate surface area is 177 Å². The molecule has 2 rings (SSSR count). The zero-order valence-corrected chi connectivity index (χ0v) is 17.3. The van der Waals surface area contributed by atoms with Gasteiger partial charge in [-0.15, -0.1) is 28.3 Å². The van der Waals surface area contributed by atoms with E-state index in [1.807, 2.05) is 0 Å². The highest BCUT2D eigenvalue weighted by Crippen LogP contribution is 2.30. The molecule has 160 valence electrons. The molecule has 1 aromatic carbocycles. The van der Waals surface area contributed by atoms with Crippen molar-refractivity contribution in [3.05, 3.63) is 39.3 Å². The van der Waals surface area contributed by atoms with Gasteiger partial charge in [-0.3, -0.25) is 0 Å². The Balaban J connectivity index is 2.37. The van der Waals surface area contributed by atoms with Crippen molar-refractivity contribution in [2.45, 2.75) is 32.6 Å². The topological polar surface area (TPSA) is 75.4 Å². The molecule has 29 heavy (non-hydrogen) atoms. The normalized spacial score (nSPS) is 12.5. The second kappa shape index (κ2) is 9.73. The second-order valence-electron chi connectivity index (χ2n) is 5.75. The van der Waals surface area contributed by atoms with Crippen LogP contribution in [-0.4, -0.2) is 44.3 Å². The van der Waals surface area contributed by atoms with Crippen LogP contribution in [0.4, 0.5) is 13.2 Å². The Hall–Kier alpha value is -1.91. The molecule has 2 aromatic rings. The van der Waals surface area contributed by atoms with Crippen LogP contribution < -0.4 is 10.4 Å². The number of hydrogen-bond acceptors (Lipinski definition) is 5. The molecule has 0 saturated carbocycles. The molecule has 1 unspecified atom stereocenters. The van der Waals surface area contributed by atoms with Gasteiger partial charge in [0.2, 0.25) is 0 Å². The van der Waals surface area contributed by atoms with Gasteiger partial charge in [0, 0.05) is 6.07 Å². The number of carbonyl (C=O) groups is 1.